The lowest BCUT2D eigenvalue weighted by Crippen LogP contribution is -2.24. The van der Waals surface area contributed by atoms with Crippen molar-refractivity contribution in [1.82, 2.24) is 19.9 Å². The smallest absolute Gasteiger partial charge is 0.244 e. The van der Waals surface area contributed by atoms with Gasteiger partial charge in [0.05, 0.1) is 23.6 Å². The van der Waals surface area contributed by atoms with E-state index in [-0.39, 0.29) is 11.4 Å². The molecule has 2 aromatic rings. The Labute approximate surface area is 115 Å². The molecule has 0 aliphatic carbocycles. The molecule has 0 atom stereocenters. The van der Waals surface area contributed by atoms with Crippen LogP contribution < -0.4 is 10.0 Å². The molecular weight excluding hydrogens is 286 g/mol. The molecule has 0 aliphatic heterocycles. The SMILES string of the molecule is CNc1nc(CNS(=O)(=O)c2c(C)n[nH]c2C)cs1. The van der Waals surface area contributed by atoms with Gasteiger partial charge in [-0.2, -0.15) is 5.10 Å². The zero-order chi connectivity index (χ0) is 14.0. The predicted octanol–water partition coefficient (Wildman–Crippen LogP) is 1.00. The fourth-order valence-electron chi connectivity index (χ4n) is 1.68. The summed E-state index contributed by atoms with van der Waals surface area (Å²) in [4.78, 5) is 4.42. The lowest BCUT2D eigenvalue weighted by molar-refractivity contribution is 0.579. The van der Waals surface area contributed by atoms with Gasteiger partial charge in [0.1, 0.15) is 4.90 Å². The fourth-order valence-corrected chi connectivity index (χ4v) is 3.72. The molecule has 0 saturated heterocycles. The number of rotatable bonds is 5. The third-order valence-electron chi connectivity index (χ3n) is 2.54. The molecule has 0 fully saturated rings. The molecule has 0 radical (unpaired) electrons. The first-order chi connectivity index (χ1) is 8.94. The van der Waals surface area contributed by atoms with Gasteiger partial charge < -0.3 is 5.32 Å². The van der Waals surface area contributed by atoms with E-state index in [4.69, 9.17) is 0 Å². The lowest BCUT2D eigenvalue weighted by Gasteiger charge is -2.05. The second-order valence-electron chi connectivity index (χ2n) is 3.98. The molecule has 0 amide bonds. The van der Waals surface area contributed by atoms with Crippen LogP contribution in [0.1, 0.15) is 17.1 Å². The van der Waals surface area contributed by atoms with Crippen LogP contribution in [0.4, 0.5) is 5.13 Å². The number of aromatic amines is 1. The van der Waals surface area contributed by atoms with Gasteiger partial charge in [-0.1, -0.05) is 0 Å². The second kappa shape index (κ2) is 5.27. The van der Waals surface area contributed by atoms with Crippen LogP contribution in [0.15, 0.2) is 10.3 Å². The van der Waals surface area contributed by atoms with Gasteiger partial charge in [-0.3, -0.25) is 5.10 Å². The minimum absolute atomic E-state index is 0.157. The number of thiazole rings is 1. The van der Waals surface area contributed by atoms with Crippen molar-refractivity contribution < 1.29 is 8.42 Å². The first kappa shape index (κ1) is 14.0. The monoisotopic (exact) mass is 301 g/mol. The molecule has 3 N–H and O–H groups in total. The zero-order valence-electron chi connectivity index (χ0n) is 10.8. The van der Waals surface area contributed by atoms with Gasteiger partial charge in [0.15, 0.2) is 5.13 Å². The van der Waals surface area contributed by atoms with Crippen molar-refractivity contribution in [3.63, 3.8) is 0 Å². The molecule has 0 aromatic carbocycles. The number of hydrogen-bond acceptors (Lipinski definition) is 6. The molecule has 2 heterocycles. The largest absolute Gasteiger partial charge is 0.365 e. The molecular formula is C10H15N5O2S2. The van der Waals surface area contributed by atoms with Crippen molar-refractivity contribution in [3.05, 3.63) is 22.5 Å². The molecule has 9 heteroatoms. The van der Waals surface area contributed by atoms with Gasteiger partial charge in [-0.05, 0) is 13.8 Å². The number of aromatic nitrogens is 3. The van der Waals surface area contributed by atoms with Crippen LogP contribution in [0.25, 0.3) is 0 Å². The predicted molar refractivity (Wildman–Crippen MR) is 73.7 cm³/mol. The Kier molecular flexibility index (Phi) is 3.88. The Morgan fingerprint density at radius 3 is 2.68 bits per heavy atom. The molecule has 0 saturated carbocycles. The van der Waals surface area contributed by atoms with Crippen molar-refractivity contribution in [2.24, 2.45) is 0 Å². The van der Waals surface area contributed by atoms with Crippen LogP contribution >= 0.6 is 11.3 Å². The highest BCUT2D eigenvalue weighted by molar-refractivity contribution is 7.89. The van der Waals surface area contributed by atoms with E-state index >= 15 is 0 Å². The highest BCUT2D eigenvalue weighted by atomic mass is 32.2. The third-order valence-corrected chi connectivity index (χ3v) is 5.11. The molecule has 2 aromatic heterocycles. The molecule has 7 nitrogen and oxygen atoms in total. The molecule has 0 aliphatic rings. The van der Waals surface area contributed by atoms with Crippen molar-refractivity contribution in [3.8, 4) is 0 Å². The summed E-state index contributed by atoms with van der Waals surface area (Å²) in [5.74, 6) is 0. The second-order valence-corrected chi connectivity index (χ2v) is 6.54. The van der Waals surface area contributed by atoms with Crippen LogP contribution in [-0.2, 0) is 16.6 Å². The van der Waals surface area contributed by atoms with E-state index in [0.717, 1.165) is 5.13 Å². The average molecular weight is 301 g/mol. The topological polar surface area (TPSA) is 99.8 Å². The maximum Gasteiger partial charge on any atom is 0.244 e. The number of hydrogen-bond donors (Lipinski definition) is 3. The first-order valence-electron chi connectivity index (χ1n) is 5.57. The lowest BCUT2D eigenvalue weighted by atomic mass is 10.4. The van der Waals surface area contributed by atoms with Crippen LogP contribution in [0, 0.1) is 13.8 Å². The van der Waals surface area contributed by atoms with Crippen molar-refractivity contribution in [2.45, 2.75) is 25.3 Å². The summed E-state index contributed by atoms with van der Waals surface area (Å²) in [5.41, 5.74) is 1.66. The molecule has 19 heavy (non-hydrogen) atoms. The number of nitrogens with one attached hydrogen (secondary N) is 3. The number of anilines is 1. The molecule has 104 valence electrons. The minimum Gasteiger partial charge on any atom is -0.365 e. The van der Waals surface area contributed by atoms with Gasteiger partial charge in [-0.15, -0.1) is 11.3 Å². The standard InChI is InChI=1S/C10H15N5O2S2/c1-6-9(7(2)15-14-6)19(16,17)12-4-8-5-18-10(11-3)13-8/h5,12H,4H2,1-3H3,(H,11,13)(H,14,15). The summed E-state index contributed by atoms with van der Waals surface area (Å²) in [7, 11) is -1.80. The number of H-pyrrole nitrogens is 1. The van der Waals surface area contributed by atoms with E-state index in [1.807, 2.05) is 5.38 Å². The van der Waals surface area contributed by atoms with Crippen LogP contribution in [0.2, 0.25) is 0 Å². The van der Waals surface area contributed by atoms with E-state index in [2.05, 4.69) is 25.2 Å². The van der Waals surface area contributed by atoms with Crippen LogP contribution in [-0.4, -0.2) is 30.6 Å². The van der Waals surface area contributed by atoms with Crippen LogP contribution in [0.5, 0.6) is 0 Å². The average Bonchev–Trinajstić information content (AvgIpc) is 2.94. The van der Waals surface area contributed by atoms with E-state index in [9.17, 15) is 8.42 Å². The maximum atomic E-state index is 12.2. The van der Waals surface area contributed by atoms with Gasteiger partial charge >= 0.3 is 0 Å². The Morgan fingerprint density at radius 1 is 1.42 bits per heavy atom. The van der Waals surface area contributed by atoms with Gasteiger partial charge in [0.25, 0.3) is 0 Å². The Balaban J connectivity index is 2.14. The number of sulfonamides is 1. The minimum atomic E-state index is -3.57. The van der Waals surface area contributed by atoms with Gasteiger partial charge in [-0.25, -0.2) is 18.1 Å². The first-order valence-corrected chi connectivity index (χ1v) is 7.93. The highest BCUT2D eigenvalue weighted by Gasteiger charge is 2.22. The van der Waals surface area contributed by atoms with Crippen molar-refractivity contribution in [1.29, 1.82) is 0 Å². The van der Waals surface area contributed by atoms with Crippen molar-refractivity contribution >= 4 is 26.5 Å². The van der Waals surface area contributed by atoms with Gasteiger partial charge in [0, 0.05) is 12.4 Å². The van der Waals surface area contributed by atoms with Gasteiger partial charge in [0.2, 0.25) is 10.0 Å². The van der Waals surface area contributed by atoms with E-state index in [1.165, 1.54) is 11.3 Å². The maximum absolute atomic E-state index is 12.2. The summed E-state index contributed by atoms with van der Waals surface area (Å²) in [5, 5.41) is 12.0. The Morgan fingerprint density at radius 2 is 2.16 bits per heavy atom. The Bertz CT molecular complexity index is 654. The Hall–Kier alpha value is -1.45. The summed E-state index contributed by atoms with van der Waals surface area (Å²) < 4.78 is 26.9. The number of nitrogens with zero attached hydrogens (tertiary/aromatic N) is 2. The quantitative estimate of drug-likeness (QED) is 0.765. The summed E-state index contributed by atoms with van der Waals surface area (Å²) in [6.45, 7) is 3.49. The summed E-state index contributed by atoms with van der Waals surface area (Å²) in [6, 6.07) is 0. The fraction of sp³-hybridized carbons (Fsp3) is 0.400. The molecule has 0 unspecified atom stereocenters. The normalized spacial score (nSPS) is 11.7. The van der Waals surface area contributed by atoms with Crippen LogP contribution in [0.3, 0.4) is 0 Å². The summed E-state index contributed by atoms with van der Waals surface area (Å²) >= 11 is 1.43. The third kappa shape index (κ3) is 2.94. The highest BCUT2D eigenvalue weighted by Crippen LogP contribution is 2.18. The molecule has 2 rings (SSSR count). The van der Waals surface area contributed by atoms with E-state index < -0.39 is 10.0 Å². The van der Waals surface area contributed by atoms with E-state index in [1.54, 1.807) is 20.9 Å². The van der Waals surface area contributed by atoms with E-state index in [0.29, 0.717) is 17.1 Å². The van der Waals surface area contributed by atoms with Crippen molar-refractivity contribution in [2.75, 3.05) is 12.4 Å². The molecule has 0 bridgehead atoms. The summed E-state index contributed by atoms with van der Waals surface area (Å²) in [6.07, 6.45) is 0. The zero-order valence-corrected chi connectivity index (χ0v) is 12.4. The molecule has 0 spiro atoms. The number of aryl methyl sites for hydroxylation is 2.